The Balaban J connectivity index is 1.60. The Labute approximate surface area is 167 Å². The molecule has 0 radical (unpaired) electrons. The quantitative estimate of drug-likeness (QED) is 0.617. The monoisotopic (exact) mass is 413 g/mol. The molecule has 4 rings (SSSR count). The van der Waals surface area contributed by atoms with Gasteiger partial charge in [-0.2, -0.15) is 5.10 Å². The number of aromatic nitrogens is 2. The van der Waals surface area contributed by atoms with Gasteiger partial charge in [-0.25, -0.2) is 13.1 Å². The highest BCUT2D eigenvalue weighted by atomic mass is 32.2. The predicted octanol–water partition coefficient (Wildman–Crippen LogP) is 2.87. The molecule has 1 amide bonds. The number of rotatable bonds is 4. The first kappa shape index (κ1) is 18.6. The molecule has 3 aromatic rings. The van der Waals surface area contributed by atoms with Gasteiger partial charge < -0.3 is 4.90 Å². The zero-order valence-corrected chi connectivity index (χ0v) is 16.7. The lowest BCUT2D eigenvalue weighted by Crippen LogP contribution is -2.43. The Hall–Kier alpha value is -2.71. The van der Waals surface area contributed by atoms with E-state index >= 15 is 0 Å². The molecule has 0 aliphatic carbocycles. The molecule has 2 aromatic heterocycles. The first-order valence-electron chi connectivity index (χ1n) is 8.88. The average Bonchev–Trinajstić information content (AvgIpc) is 3.36. The maximum Gasteiger partial charge on any atom is 0.246 e. The number of thiophene rings is 1. The van der Waals surface area contributed by atoms with Crippen LogP contribution in [0, 0.1) is 0 Å². The maximum atomic E-state index is 12.5. The molecule has 28 heavy (non-hydrogen) atoms. The van der Waals surface area contributed by atoms with Crippen LogP contribution >= 0.6 is 11.3 Å². The van der Waals surface area contributed by atoms with Crippen molar-refractivity contribution in [3.05, 3.63) is 65.7 Å². The molecule has 1 aliphatic rings. The van der Waals surface area contributed by atoms with E-state index < -0.39 is 9.84 Å². The second-order valence-corrected chi connectivity index (χ2v) is 9.75. The maximum absolute atomic E-state index is 12.5. The minimum absolute atomic E-state index is 0.0268. The number of hydrogen-bond acceptors (Lipinski definition) is 5. The molecule has 0 atom stereocenters. The van der Waals surface area contributed by atoms with Gasteiger partial charge in [0.2, 0.25) is 5.91 Å². The molecule has 0 unspecified atom stereocenters. The third-order valence-corrected chi connectivity index (χ3v) is 7.07. The summed E-state index contributed by atoms with van der Waals surface area (Å²) in [5, 5.41) is 6.69. The van der Waals surface area contributed by atoms with Crippen molar-refractivity contribution in [1.29, 1.82) is 0 Å². The zero-order valence-electron chi connectivity index (χ0n) is 15.1. The normalized spacial score (nSPS) is 16.5. The van der Waals surface area contributed by atoms with E-state index in [-0.39, 0.29) is 30.5 Å². The first-order chi connectivity index (χ1) is 13.5. The lowest BCUT2D eigenvalue weighted by Gasteiger charge is -2.25. The predicted molar refractivity (Wildman–Crippen MR) is 111 cm³/mol. The third-order valence-electron chi connectivity index (χ3n) is 4.58. The lowest BCUT2D eigenvalue weighted by atomic mass is 10.2. The van der Waals surface area contributed by atoms with Gasteiger partial charge >= 0.3 is 0 Å². The molecular weight excluding hydrogens is 394 g/mol. The molecule has 144 valence electrons. The fraction of sp³-hybridized carbons (Fsp3) is 0.200. The SMILES string of the molecule is O=C(/C=C/c1cn(-c2ccccc2)nc1-c1cccs1)N1CCS(=O)(=O)CC1. The van der Waals surface area contributed by atoms with Gasteiger partial charge in [0, 0.05) is 30.9 Å². The third kappa shape index (κ3) is 4.07. The van der Waals surface area contributed by atoms with E-state index in [0.29, 0.717) is 0 Å². The number of carbonyl (C=O) groups excluding carboxylic acids is 1. The van der Waals surface area contributed by atoms with Crippen LogP contribution in [0.15, 0.2) is 60.1 Å². The van der Waals surface area contributed by atoms with Crippen molar-refractivity contribution in [3.63, 3.8) is 0 Å². The fourth-order valence-corrected chi connectivity index (χ4v) is 4.96. The molecular formula is C20H19N3O3S2. The molecule has 1 fully saturated rings. The topological polar surface area (TPSA) is 72.3 Å². The summed E-state index contributed by atoms with van der Waals surface area (Å²) in [4.78, 5) is 15.1. The summed E-state index contributed by atoms with van der Waals surface area (Å²) in [6.45, 7) is 0.485. The number of benzene rings is 1. The molecule has 1 saturated heterocycles. The Morgan fingerprint density at radius 3 is 2.50 bits per heavy atom. The van der Waals surface area contributed by atoms with Crippen LogP contribution in [-0.2, 0) is 14.6 Å². The molecule has 0 bridgehead atoms. The molecule has 0 saturated carbocycles. The minimum Gasteiger partial charge on any atom is -0.337 e. The summed E-state index contributed by atoms with van der Waals surface area (Å²) in [6, 6.07) is 13.8. The Morgan fingerprint density at radius 2 is 1.82 bits per heavy atom. The van der Waals surface area contributed by atoms with E-state index in [1.807, 2.05) is 54.0 Å². The van der Waals surface area contributed by atoms with E-state index in [1.54, 1.807) is 27.0 Å². The van der Waals surface area contributed by atoms with Crippen molar-refractivity contribution in [2.45, 2.75) is 0 Å². The summed E-state index contributed by atoms with van der Waals surface area (Å²) in [7, 11) is -3.01. The largest absolute Gasteiger partial charge is 0.337 e. The summed E-state index contributed by atoms with van der Waals surface area (Å²) in [5.41, 5.74) is 2.58. The van der Waals surface area contributed by atoms with Crippen molar-refractivity contribution in [2.75, 3.05) is 24.6 Å². The first-order valence-corrected chi connectivity index (χ1v) is 11.6. The van der Waals surface area contributed by atoms with Crippen LogP contribution < -0.4 is 0 Å². The lowest BCUT2D eigenvalue weighted by molar-refractivity contribution is -0.125. The van der Waals surface area contributed by atoms with Gasteiger partial charge in [-0.15, -0.1) is 11.3 Å². The van der Waals surface area contributed by atoms with Crippen LogP contribution in [0.5, 0.6) is 0 Å². The van der Waals surface area contributed by atoms with Crippen molar-refractivity contribution < 1.29 is 13.2 Å². The highest BCUT2D eigenvalue weighted by Crippen LogP contribution is 2.28. The smallest absolute Gasteiger partial charge is 0.246 e. The van der Waals surface area contributed by atoms with E-state index in [0.717, 1.165) is 21.8 Å². The Morgan fingerprint density at radius 1 is 1.07 bits per heavy atom. The summed E-state index contributed by atoms with van der Waals surface area (Å²) >= 11 is 1.59. The van der Waals surface area contributed by atoms with Crippen molar-refractivity contribution in [3.8, 4) is 16.3 Å². The van der Waals surface area contributed by atoms with Crippen LogP contribution in [0.1, 0.15) is 5.56 Å². The van der Waals surface area contributed by atoms with Crippen molar-refractivity contribution in [2.24, 2.45) is 0 Å². The molecule has 0 N–H and O–H groups in total. The number of carbonyl (C=O) groups is 1. The van der Waals surface area contributed by atoms with E-state index in [1.165, 1.54) is 6.08 Å². The molecule has 0 spiro atoms. The molecule has 3 heterocycles. The molecule has 8 heteroatoms. The highest BCUT2D eigenvalue weighted by Gasteiger charge is 2.23. The van der Waals surface area contributed by atoms with Crippen LogP contribution in [0.25, 0.3) is 22.3 Å². The van der Waals surface area contributed by atoms with Gasteiger partial charge in [0.15, 0.2) is 9.84 Å². The summed E-state index contributed by atoms with van der Waals surface area (Å²) < 4.78 is 24.9. The van der Waals surface area contributed by atoms with Gasteiger partial charge in [-0.1, -0.05) is 24.3 Å². The standard InChI is InChI=1S/C20H19N3O3S2/c24-19(22-10-13-28(25,26)14-11-22)9-8-16-15-23(17-5-2-1-3-6-17)21-20(16)18-7-4-12-27-18/h1-9,12,15H,10-11,13-14H2/b9-8+. The van der Waals surface area contributed by atoms with Gasteiger partial charge in [0.1, 0.15) is 5.69 Å². The molecule has 6 nitrogen and oxygen atoms in total. The zero-order chi connectivity index (χ0) is 19.6. The number of nitrogens with zero attached hydrogens (tertiary/aromatic N) is 3. The van der Waals surface area contributed by atoms with Crippen LogP contribution in [-0.4, -0.2) is 53.6 Å². The van der Waals surface area contributed by atoms with Crippen LogP contribution in [0.4, 0.5) is 0 Å². The summed E-state index contributed by atoms with van der Waals surface area (Å²) in [5.74, 6) is -0.128. The molecule has 1 aromatic carbocycles. The van der Waals surface area contributed by atoms with Gasteiger partial charge in [-0.3, -0.25) is 4.79 Å². The van der Waals surface area contributed by atoms with Crippen LogP contribution in [0.2, 0.25) is 0 Å². The Bertz CT molecular complexity index is 1090. The van der Waals surface area contributed by atoms with E-state index in [2.05, 4.69) is 0 Å². The van der Waals surface area contributed by atoms with Gasteiger partial charge in [-0.05, 0) is 29.7 Å². The second-order valence-electron chi connectivity index (χ2n) is 6.50. The van der Waals surface area contributed by atoms with Crippen molar-refractivity contribution in [1.82, 2.24) is 14.7 Å². The minimum atomic E-state index is -3.01. The fourth-order valence-electron chi connectivity index (χ4n) is 3.03. The van der Waals surface area contributed by atoms with Gasteiger partial charge in [0.25, 0.3) is 0 Å². The van der Waals surface area contributed by atoms with E-state index in [4.69, 9.17) is 5.10 Å². The highest BCUT2D eigenvalue weighted by molar-refractivity contribution is 7.91. The second kappa shape index (κ2) is 7.73. The van der Waals surface area contributed by atoms with Gasteiger partial charge in [0.05, 0.1) is 22.1 Å². The van der Waals surface area contributed by atoms with Crippen LogP contribution in [0.3, 0.4) is 0 Å². The Kier molecular flexibility index (Phi) is 5.15. The number of sulfone groups is 1. The number of amides is 1. The summed E-state index contributed by atoms with van der Waals surface area (Å²) in [6.07, 6.45) is 5.16. The number of para-hydroxylation sites is 1. The van der Waals surface area contributed by atoms with E-state index in [9.17, 15) is 13.2 Å². The average molecular weight is 414 g/mol. The number of hydrogen-bond donors (Lipinski definition) is 0. The molecule has 1 aliphatic heterocycles. The van der Waals surface area contributed by atoms with Crippen molar-refractivity contribution >= 4 is 33.2 Å².